The SMILES string of the molecule is Cc1ccc(C=O)c(B(O)O)c1F. The molecule has 2 N–H and O–H groups in total. The van der Waals surface area contributed by atoms with Gasteiger partial charge in [0.05, 0.1) is 0 Å². The fourth-order valence-corrected chi connectivity index (χ4v) is 1.08. The van der Waals surface area contributed by atoms with Gasteiger partial charge < -0.3 is 10.0 Å². The molecule has 0 fully saturated rings. The highest BCUT2D eigenvalue weighted by atomic mass is 19.1. The summed E-state index contributed by atoms with van der Waals surface area (Å²) in [4.78, 5) is 10.4. The van der Waals surface area contributed by atoms with Crippen molar-refractivity contribution in [2.24, 2.45) is 0 Å². The zero-order chi connectivity index (χ0) is 10.0. The molecular weight excluding hydrogens is 174 g/mol. The van der Waals surface area contributed by atoms with E-state index in [0.29, 0.717) is 6.29 Å². The molecule has 1 aromatic rings. The second kappa shape index (κ2) is 3.68. The highest BCUT2D eigenvalue weighted by Crippen LogP contribution is 2.05. The lowest BCUT2D eigenvalue weighted by atomic mass is 9.76. The first kappa shape index (κ1) is 9.89. The van der Waals surface area contributed by atoms with Crippen LogP contribution in [0, 0.1) is 12.7 Å². The van der Waals surface area contributed by atoms with E-state index in [1.165, 1.54) is 19.1 Å². The lowest BCUT2D eigenvalue weighted by molar-refractivity contribution is 0.112. The zero-order valence-electron chi connectivity index (χ0n) is 6.99. The van der Waals surface area contributed by atoms with E-state index in [9.17, 15) is 9.18 Å². The van der Waals surface area contributed by atoms with E-state index in [4.69, 9.17) is 10.0 Å². The molecule has 68 valence electrons. The van der Waals surface area contributed by atoms with Gasteiger partial charge in [-0.05, 0) is 12.5 Å². The summed E-state index contributed by atoms with van der Waals surface area (Å²) < 4.78 is 13.2. The lowest BCUT2D eigenvalue weighted by Gasteiger charge is -2.06. The van der Waals surface area contributed by atoms with Crippen LogP contribution in [0.4, 0.5) is 4.39 Å². The van der Waals surface area contributed by atoms with Crippen molar-refractivity contribution in [3.05, 3.63) is 29.1 Å². The first-order valence-corrected chi connectivity index (χ1v) is 3.68. The fraction of sp³-hybridized carbons (Fsp3) is 0.125. The first-order valence-electron chi connectivity index (χ1n) is 3.68. The van der Waals surface area contributed by atoms with E-state index >= 15 is 0 Å². The van der Waals surface area contributed by atoms with Crippen molar-refractivity contribution < 1.29 is 19.2 Å². The average molecular weight is 182 g/mol. The summed E-state index contributed by atoms with van der Waals surface area (Å²) in [7, 11) is -1.96. The number of carbonyl (C=O) groups excluding carboxylic acids is 1. The van der Waals surface area contributed by atoms with Gasteiger partial charge in [-0.1, -0.05) is 12.1 Å². The quantitative estimate of drug-likeness (QED) is 0.484. The van der Waals surface area contributed by atoms with E-state index in [-0.39, 0.29) is 16.6 Å². The Morgan fingerprint density at radius 1 is 1.46 bits per heavy atom. The molecule has 0 aliphatic heterocycles. The van der Waals surface area contributed by atoms with Gasteiger partial charge in [0.25, 0.3) is 0 Å². The van der Waals surface area contributed by atoms with E-state index in [2.05, 4.69) is 0 Å². The van der Waals surface area contributed by atoms with Crippen molar-refractivity contribution in [1.29, 1.82) is 0 Å². The van der Waals surface area contributed by atoms with Gasteiger partial charge in [0.1, 0.15) is 12.1 Å². The Hall–Kier alpha value is -1.20. The Balaban J connectivity index is 3.41. The summed E-state index contributed by atoms with van der Waals surface area (Å²) in [5, 5.41) is 17.6. The van der Waals surface area contributed by atoms with Crippen LogP contribution in [0.2, 0.25) is 0 Å². The van der Waals surface area contributed by atoms with Crippen LogP contribution in [-0.4, -0.2) is 23.5 Å². The molecule has 3 nitrogen and oxygen atoms in total. The molecule has 5 heteroatoms. The van der Waals surface area contributed by atoms with Gasteiger partial charge in [-0.15, -0.1) is 0 Å². The van der Waals surface area contributed by atoms with Gasteiger partial charge >= 0.3 is 7.12 Å². The Morgan fingerprint density at radius 2 is 2.08 bits per heavy atom. The largest absolute Gasteiger partial charge is 0.492 e. The van der Waals surface area contributed by atoms with Crippen molar-refractivity contribution in [3.8, 4) is 0 Å². The van der Waals surface area contributed by atoms with Crippen molar-refractivity contribution in [1.82, 2.24) is 0 Å². The summed E-state index contributed by atoms with van der Waals surface area (Å²) in [6.07, 6.45) is 0.386. The van der Waals surface area contributed by atoms with Gasteiger partial charge in [-0.25, -0.2) is 4.39 Å². The van der Waals surface area contributed by atoms with Gasteiger partial charge in [-0.2, -0.15) is 0 Å². The number of rotatable bonds is 2. The molecular formula is C8H8BFO3. The Morgan fingerprint density at radius 3 is 2.54 bits per heavy atom. The fourth-order valence-electron chi connectivity index (χ4n) is 1.08. The summed E-state index contributed by atoms with van der Waals surface area (Å²) in [5.41, 5.74) is -0.137. The number of hydrogen-bond acceptors (Lipinski definition) is 3. The monoisotopic (exact) mass is 182 g/mol. The second-order valence-corrected chi connectivity index (χ2v) is 2.69. The number of hydrogen-bond donors (Lipinski definition) is 2. The normalized spacial score (nSPS) is 9.85. The van der Waals surface area contributed by atoms with Crippen molar-refractivity contribution >= 4 is 18.9 Å². The van der Waals surface area contributed by atoms with Gasteiger partial charge in [0.2, 0.25) is 0 Å². The molecule has 0 bridgehead atoms. The predicted octanol–water partition coefficient (Wildman–Crippen LogP) is -0.374. The molecule has 0 aliphatic rings. The summed E-state index contributed by atoms with van der Waals surface area (Å²) in [5.74, 6) is -0.750. The first-order chi connectivity index (χ1) is 6.07. The van der Waals surface area contributed by atoms with Crippen LogP contribution in [-0.2, 0) is 0 Å². The number of benzene rings is 1. The summed E-state index contributed by atoms with van der Waals surface area (Å²) in [6.45, 7) is 1.48. The van der Waals surface area contributed by atoms with E-state index < -0.39 is 12.9 Å². The smallest absolute Gasteiger partial charge is 0.423 e. The minimum absolute atomic E-state index is 0.0434. The number of aryl methyl sites for hydroxylation is 1. The van der Waals surface area contributed by atoms with Gasteiger partial charge in [0.15, 0.2) is 0 Å². The van der Waals surface area contributed by atoms with Gasteiger partial charge in [-0.3, -0.25) is 4.79 Å². The highest BCUT2D eigenvalue weighted by molar-refractivity contribution is 6.60. The maximum Gasteiger partial charge on any atom is 0.492 e. The zero-order valence-corrected chi connectivity index (χ0v) is 6.99. The van der Waals surface area contributed by atoms with Crippen molar-refractivity contribution in [3.63, 3.8) is 0 Å². The minimum atomic E-state index is -1.96. The standard InChI is InChI=1S/C8H8BFO3/c1-5-2-3-6(4-11)7(8(5)10)9(12)13/h2-4,12-13H,1H3. The maximum absolute atomic E-state index is 13.2. The molecule has 13 heavy (non-hydrogen) atoms. The van der Waals surface area contributed by atoms with Crippen LogP contribution in [0.15, 0.2) is 12.1 Å². The van der Waals surface area contributed by atoms with Crippen LogP contribution in [0.1, 0.15) is 15.9 Å². The van der Waals surface area contributed by atoms with Crippen LogP contribution >= 0.6 is 0 Å². The molecule has 0 radical (unpaired) electrons. The molecule has 0 unspecified atom stereocenters. The molecule has 1 aromatic carbocycles. The third-order valence-corrected chi connectivity index (χ3v) is 1.79. The highest BCUT2D eigenvalue weighted by Gasteiger charge is 2.21. The molecule has 0 atom stereocenters. The van der Waals surface area contributed by atoms with Crippen LogP contribution < -0.4 is 5.46 Å². The molecule has 0 amide bonds. The summed E-state index contributed by atoms with van der Waals surface area (Å²) >= 11 is 0. The van der Waals surface area contributed by atoms with Gasteiger partial charge in [0, 0.05) is 11.0 Å². The molecule has 0 saturated carbocycles. The van der Waals surface area contributed by atoms with Crippen molar-refractivity contribution in [2.75, 3.05) is 0 Å². The Bertz CT molecular complexity index is 338. The number of halogens is 1. The second-order valence-electron chi connectivity index (χ2n) is 2.69. The minimum Gasteiger partial charge on any atom is -0.423 e. The summed E-state index contributed by atoms with van der Waals surface area (Å²) in [6, 6.07) is 2.76. The topological polar surface area (TPSA) is 57.5 Å². The maximum atomic E-state index is 13.2. The van der Waals surface area contributed by atoms with Crippen LogP contribution in [0.5, 0.6) is 0 Å². The Kier molecular flexibility index (Phi) is 2.80. The molecule has 0 aliphatic carbocycles. The van der Waals surface area contributed by atoms with Crippen LogP contribution in [0.25, 0.3) is 0 Å². The van der Waals surface area contributed by atoms with E-state index in [1.54, 1.807) is 0 Å². The lowest BCUT2D eigenvalue weighted by Crippen LogP contribution is -2.36. The third kappa shape index (κ3) is 1.76. The van der Waals surface area contributed by atoms with E-state index in [0.717, 1.165) is 0 Å². The average Bonchev–Trinajstić information content (AvgIpc) is 2.08. The number of aldehydes is 1. The molecule has 0 aromatic heterocycles. The Labute approximate surface area is 75.0 Å². The predicted molar refractivity (Wildman–Crippen MR) is 46.4 cm³/mol. The number of carbonyl (C=O) groups is 1. The third-order valence-electron chi connectivity index (χ3n) is 1.79. The van der Waals surface area contributed by atoms with Crippen molar-refractivity contribution in [2.45, 2.75) is 6.92 Å². The molecule has 0 spiro atoms. The van der Waals surface area contributed by atoms with Crippen LogP contribution in [0.3, 0.4) is 0 Å². The molecule has 0 heterocycles. The molecule has 1 rings (SSSR count). The van der Waals surface area contributed by atoms with E-state index in [1.807, 2.05) is 0 Å². The molecule has 0 saturated heterocycles.